The maximum Gasteiger partial charge on any atom is 0.418 e. The summed E-state index contributed by atoms with van der Waals surface area (Å²) in [5.74, 6) is 0. The SMILES string of the molecule is CCN1CCN(c2cc(N)ccc2C(F)(F)F)CC1. The van der Waals surface area contributed by atoms with Crippen LogP contribution in [0, 0.1) is 0 Å². The van der Waals surface area contributed by atoms with E-state index in [4.69, 9.17) is 5.73 Å². The van der Waals surface area contributed by atoms with E-state index in [1.807, 2.05) is 0 Å². The Labute approximate surface area is 110 Å². The molecule has 6 heteroatoms. The Morgan fingerprint density at radius 3 is 2.32 bits per heavy atom. The van der Waals surface area contributed by atoms with Crippen molar-refractivity contribution in [3.8, 4) is 0 Å². The minimum absolute atomic E-state index is 0.197. The number of rotatable bonds is 2. The lowest BCUT2D eigenvalue weighted by atomic mass is 10.1. The summed E-state index contributed by atoms with van der Waals surface area (Å²) < 4.78 is 39.0. The molecule has 2 rings (SSSR count). The Morgan fingerprint density at radius 1 is 1.16 bits per heavy atom. The van der Waals surface area contributed by atoms with E-state index in [2.05, 4.69) is 11.8 Å². The number of benzene rings is 1. The Kier molecular flexibility index (Phi) is 3.89. The van der Waals surface area contributed by atoms with Crippen molar-refractivity contribution in [1.82, 2.24) is 4.90 Å². The van der Waals surface area contributed by atoms with Crippen molar-refractivity contribution in [3.63, 3.8) is 0 Å². The number of hydrogen-bond donors (Lipinski definition) is 1. The van der Waals surface area contributed by atoms with Crippen molar-refractivity contribution in [2.24, 2.45) is 0 Å². The van der Waals surface area contributed by atoms with E-state index in [-0.39, 0.29) is 5.69 Å². The molecule has 0 atom stereocenters. The molecule has 1 saturated heterocycles. The van der Waals surface area contributed by atoms with Gasteiger partial charge in [-0.25, -0.2) is 0 Å². The largest absolute Gasteiger partial charge is 0.418 e. The lowest BCUT2D eigenvalue weighted by molar-refractivity contribution is -0.137. The van der Waals surface area contributed by atoms with Gasteiger partial charge in [0.15, 0.2) is 0 Å². The first kappa shape index (κ1) is 14.0. The molecule has 0 aliphatic carbocycles. The standard InChI is InChI=1S/C13H18F3N3/c1-2-18-5-7-19(8-6-18)12-9-10(17)3-4-11(12)13(14,15)16/h3-4,9H,2,5-8,17H2,1H3. The number of alkyl halides is 3. The topological polar surface area (TPSA) is 32.5 Å². The van der Waals surface area contributed by atoms with Crippen molar-refractivity contribution in [2.75, 3.05) is 43.4 Å². The predicted molar refractivity (Wildman–Crippen MR) is 70.2 cm³/mol. The lowest BCUT2D eigenvalue weighted by Crippen LogP contribution is -2.46. The highest BCUT2D eigenvalue weighted by molar-refractivity contribution is 5.62. The summed E-state index contributed by atoms with van der Waals surface area (Å²) in [6.45, 7) is 5.74. The number of piperazine rings is 1. The predicted octanol–water partition coefficient (Wildman–Crippen LogP) is 2.43. The average Bonchev–Trinajstić information content (AvgIpc) is 2.37. The van der Waals surface area contributed by atoms with E-state index in [1.165, 1.54) is 12.1 Å². The summed E-state index contributed by atoms with van der Waals surface area (Å²) in [5, 5.41) is 0. The fourth-order valence-corrected chi connectivity index (χ4v) is 2.36. The van der Waals surface area contributed by atoms with Gasteiger partial charge in [0.1, 0.15) is 0 Å². The molecule has 0 aromatic heterocycles. The molecule has 0 radical (unpaired) electrons. The van der Waals surface area contributed by atoms with Gasteiger partial charge in [-0.1, -0.05) is 6.92 Å². The molecule has 3 nitrogen and oxygen atoms in total. The molecule has 1 heterocycles. The molecule has 2 N–H and O–H groups in total. The second-order valence-electron chi connectivity index (χ2n) is 4.70. The number of anilines is 2. The molecule has 0 bridgehead atoms. The molecule has 0 amide bonds. The zero-order valence-corrected chi connectivity index (χ0v) is 10.9. The quantitative estimate of drug-likeness (QED) is 0.840. The van der Waals surface area contributed by atoms with Gasteiger partial charge < -0.3 is 15.5 Å². The molecule has 0 unspecified atom stereocenters. The van der Waals surface area contributed by atoms with Gasteiger partial charge in [-0.3, -0.25) is 0 Å². The first-order valence-electron chi connectivity index (χ1n) is 6.36. The molecule has 1 aromatic rings. The van der Waals surface area contributed by atoms with Crippen LogP contribution in [0.25, 0.3) is 0 Å². The molecule has 1 aliphatic rings. The zero-order valence-electron chi connectivity index (χ0n) is 10.9. The Morgan fingerprint density at radius 2 is 1.79 bits per heavy atom. The van der Waals surface area contributed by atoms with E-state index in [0.717, 1.165) is 25.7 Å². The summed E-state index contributed by atoms with van der Waals surface area (Å²) in [7, 11) is 0. The van der Waals surface area contributed by atoms with Gasteiger partial charge in [0, 0.05) is 31.9 Å². The smallest absolute Gasteiger partial charge is 0.399 e. The monoisotopic (exact) mass is 273 g/mol. The van der Waals surface area contributed by atoms with Crippen LogP contribution in [0.3, 0.4) is 0 Å². The number of halogens is 3. The number of likely N-dealkylation sites (N-methyl/N-ethyl adjacent to an activating group) is 1. The van der Waals surface area contributed by atoms with E-state index in [1.54, 1.807) is 4.90 Å². The first-order valence-corrected chi connectivity index (χ1v) is 6.36. The highest BCUT2D eigenvalue weighted by Crippen LogP contribution is 2.37. The van der Waals surface area contributed by atoms with Crippen LogP contribution in [-0.2, 0) is 6.18 Å². The minimum Gasteiger partial charge on any atom is -0.399 e. The van der Waals surface area contributed by atoms with Crippen LogP contribution in [-0.4, -0.2) is 37.6 Å². The molecular formula is C13H18F3N3. The van der Waals surface area contributed by atoms with Crippen LogP contribution in [0.1, 0.15) is 12.5 Å². The number of hydrogen-bond acceptors (Lipinski definition) is 3. The van der Waals surface area contributed by atoms with Crippen molar-refractivity contribution >= 4 is 11.4 Å². The van der Waals surface area contributed by atoms with E-state index in [0.29, 0.717) is 18.8 Å². The van der Waals surface area contributed by atoms with Crippen molar-refractivity contribution in [2.45, 2.75) is 13.1 Å². The molecule has 19 heavy (non-hydrogen) atoms. The number of nitrogens with zero attached hydrogens (tertiary/aromatic N) is 2. The lowest BCUT2D eigenvalue weighted by Gasteiger charge is -2.36. The normalized spacial score (nSPS) is 17.8. The summed E-state index contributed by atoms with van der Waals surface area (Å²) in [6, 6.07) is 3.79. The second kappa shape index (κ2) is 5.28. The summed E-state index contributed by atoms with van der Waals surface area (Å²) in [5.41, 5.74) is 5.58. The Bertz CT molecular complexity index is 437. The van der Waals surface area contributed by atoms with Gasteiger partial charge in [-0.2, -0.15) is 13.2 Å². The van der Waals surface area contributed by atoms with Crippen LogP contribution < -0.4 is 10.6 Å². The second-order valence-corrected chi connectivity index (χ2v) is 4.70. The van der Waals surface area contributed by atoms with Gasteiger partial charge in [-0.05, 0) is 24.7 Å². The third-order valence-electron chi connectivity index (χ3n) is 3.49. The molecule has 1 fully saturated rings. The third-order valence-corrected chi connectivity index (χ3v) is 3.49. The minimum atomic E-state index is -4.34. The fourth-order valence-electron chi connectivity index (χ4n) is 2.36. The third kappa shape index (κ3) is 3.12. The number of nitrogens with two attached hydrogens (primary N) is 1. The fraction of sp³-hybridized carbons (Fsp3) is 0.538. The molecular weight excluding hydrogens is 255 g/mol. The highest BCUT2D eigenvalue weighted by Gasteiger charge is 2.35. The van der Waals surface area contributed by atoms with Crippen molar-refractivity contribution in [1.29, 1.82) is 0 Å². The van der Waals surface area contributed by atoms with Gasteiger partial charge in [0.25, 0.3) is 0 Å². The van der Waals surface area contributed by atoms with Crippen LogP contribution in [0.4, 0.5) is 24.5 Å². The summed E-state index contributed by atoms with van der Waals surface area (Å²) in [6.07, 6.45) is -4.34. The van der Waals surface area contributed by atoms with Crippen molar-refractivity contribution < 1.29 is 13.2 Å². The Balaban J connectivity index is 2.26. The summed E-state index contributed by atoms with van der Waals surface area (Å²) >= 11 is 0. The van der Waals surface area contributed by atoms with Crippen LogP contribution >= 0.6 is 0 Å². The van der Waals surface area contributed by atoms with E-state index in [9.17, 15) is 13.2 Å². The number of nitrogen functional groups attached to an aromatic ring is 1. The maximum atomic E-state index is 13.0. The van der Waals surface area contributed by atoms with Gasteiger partial charge >= 0.3 is 6.18 Å². The van der Waals surface area contributed by atoms with E-state index >= 15 is 0 Å². The van der Waals surface area contributed by atoms with Crippen molar-refractivity contribution in [3.05, 3.63) is 23.8 Å². The van der Waals surface area contributed by atoms with Gasteiger partial charge in [-0.15, -0.1) is 0 Å². The van der Waals surface area contributed by atoms with Gasteiger partial charge in [0.2, 0.25) is 0 Å². The van der Waals surface area contributed by atoms with Gasteiger partial charge in [0.05, 0.1) is 11.3 Å². The molecule has 1 aliphatic heterocycles. The van der Waals surface area contributed by atoms with Crippen LogP contribution in [0.15, 0.2) is 18.2 Å². The van der Waals surface area contributed by atoms with Crippen LogP contribution in [0.5, 0.6) is 0 Å². The molecule has 0 saturated carbocycles. The molecule has 0 spiro atoms. The Hall–Kier alpha value is -1.43. The zero-order chi connectivity index (χ0) is 14.0. The highest BCUT2D eigenvalue weighted by atomic mass is 19.4. The molecule has 1 aromatic carbocycles. The summed E-state index contributed by atoms with van der Waals surface area (Å²) in [4.78, 5) is 3.99. The van der Waals surface area contributed by atoms with Crippen LogP contribution in [0.2, 0.25) is 0 Å². The average molecular weight is 273 g/mol. The van der Waals surface area contributed by atoms with E-state index < -0.39 is 11.7 Å². The maximum absolute atomic E-state index is 13.0. The molecule has 106 valence electrons. The first-order chi connectivity index (χ1) is 8.91.